The average Bonchev–Trinajstić information content (AvgIpc) is 3.08. The molecule has 0 bridgehead atoms. The summed E-state index contributed by atoms with van der Waals surface area (Å²) in [6, 6.07) is 0. The maximum atomic E-state index is 14.0. The van der Waals surface area contributed by atoms with Crippen LogP contribution in [0, 0.1) is 45.3 Å². The van der Waals surface area contributed by atoms with E-state index in [0.717, 1.165) is 51.4 Å². The molecule has 4 fully saturated rings. The van der Waals surface area contributed by atoms with Crippen molar-refractivity contribution in [1.82, 2.24) is 0 Å². The standard InChI is InChI=1S/C30H50O3/c1-19(2)10-9-14-30(8,33)20-11-16-29(7)25(20)21(31)18-23-27(5)15-13-24(32)26(3,4)22(27)12-17-28(23,29)6/h10,20,22-25,32-33H,9,11-18H2,1-8H3/t20-,22-,23+,24-,25-,27-,28+,29+,30-/m0/s1. The zero-order chi connectivity index (χ0) is 24.6. The lowest BCUT2D eigenvalue weighted by atomic mass is 9.35. The minimum absolute atomic E-state index is 0.0252. The van der Waals surface area contributed by atoms with E-state index in [1.807, 2.05) is 6.92 Å². The van der Waals surface area contributed by atoms with Crippen molar-refractivity contribution in [1.29, 1.82) is 0 Å². The third kappa shape index (κ3) is 3.53. The molecular formula is C30H50O3. The van der Waals surface area contributed by atoms with Crippen LogP contribution in [0.1, 0.15) is 113 Å². The average molecular weight is 459 g/mol. The molecule has 4 aliphatic rings. The molecule has 0 amide bonds. The third-order valence-corrected chi connectivity index (χ3v) is 12.1. The molecule has 0 heterocycles. The van der Waals surface area contributed by atoms with Gasteiger partial charge in [-0.25, -0.2) is 0 Å². The van der Waals surface area contributed by atoms with Crippen LogP contribution in [0.15, 0.2) is 11.6 Å². The first-order chi connectivity index (χ1) is 15.1. The van der Waals surface area contributed by atoms with E-state index in [2.05, 4.69) is 54.5 Å². The van der Waals surface area contributed by atoms with E-state index in [-0.39, 0.29) is 39.6 Å². The predicted molar refractivity (Wildman–Crippen MR) is 135 cm³/mol. The van der Waals surface area contributed by atoms with Gasteiger partial charge >= 0.3 is 0 Å². The summed E-state index contributed by atoms with van der Waals surface area (Å²) in [7, 11) is 0. The van der Waals surface area contributed by atoms with Crippen LogP contribution in [0.4, 0.5) is 0 Å². The molecule has 0 aliphatic heterocycles. The van der Waals surface area contributed by atoms with Crippen LogP contribution in [0.25, 0.3) is 0 Å². The van der Waals surface area contributed by atoms with Crippen molar-refractivity contribution in [3.63, 3.8) is 0 Å². The number of aliphatic hydroxyl groups excluding tert-OH is 1. The number of fused-ring (bicyclic) bond motifs is 5. The number of carbonyl (C=O) groups excluding carboxylic acids is 1. The van der Waals surface area contributed by atoms with Gasteiger partial charge in [0.1, 0.15) is 5.78 Å². The molecule has 2 N–H and O–H groups in total. The second-order valence-electron chi connectivity index (χ2n) is 14.3. The lowest BCUT2D eigenvalue weighted by Gasteiger charge is -2.69. The number of hydrogen-bond donors (Lipinski definition) is 2. The van der Waals surface area contributed by atoms with E-state index in [9.17, 15) is 15.0 Å². The number of aliphatic hydroxyl groups is 2. The number of hydrogen-bond acceptors (Lipinski definition) is 3. The highest BCUT2D eigenvalue weighted by Crippen LogP contribution is 2.75. The fourth-order valence-electron chi connectivity index (χ4n) is 9.96. The highest BCUT2D eigenvalue weighted by Gasteiger charge is 2.71. The molecule has 4 saturated carbocycles. The first-order valence-corrected chi connectivity index (χ1v) is 13.7. The highest BCUT2D eigenvalue weighted by molar-refractivity contribution is 5.84. The van der Waals surface area contributed by atoms with Crippen LogP contribution >= 0.6 is 0 Å². The Morgan fingerprint density at radius 1 is 1.00 bits per heavy atom. The van der Waals surface area contributed by atoms with Crippen LogP contribution in [0.5, 0.6) is 0 Å². The van der Waals surface area contributed by atoms with Gasteiger partial charge in [-0.1, -0.05) is 46.3 Å². The molecule has 0 radical (unpaired) electrons. The smallest absolute Gasteiger partial charge is 0.137 e. The fraction of sp³-hybridized carbons (Fsp3) is 0.900. The molecule has 0 unspecified atom stereocenters. The molecule has 3 nitrogen and oxygen atoms in total. The van der Waals surface area contributed by atoms with Crippen LogP contribution < -0.4 is 0 Å². The summed E-state index contributed by atoms with van der Waals surface area (Å²) < 4.78 is 0. The molecule has 0 aromatic carbocycles. The Balaban J connectivity index is 1.67. The Hall–Kier alpha value is -0.670. The van der Waals surface area contributed by atoms with Crippen LogP contribution in [0.3, 0.4) is 0 Å². The van der Waals surface area contributed by atoms with Gasteiger partial charge in [0.15, 0.2) is 0 Å². The van der Waals surface area contributed by atoms with Gasteiger partial charge in [-0.15, -0.1) is 0 Å². The van der Waals surface area contributed by atoms with E-state index >= 15 is 0 Å². The van der Waals surface area contributed by atoms with Crippen LogP contribution in [-0.2, 0) is 4.79 Å². The Bertz CT molecular complexity index is 820. The molecule has 188 valence electrons. The Morgan fingerprint density at radius 3 is 2.27 bits per heavy atom. The molecule has 9 atom stereocenters. The molecule has 3 heteroatoms. The van der Waals surface area contributed by atoms with Crippen LogP contribution in [0.2, 0.25) is 0 Å². The van der Waals surface area contributed by atoms with E-state index < -0.39 is 5.60 Å². The summed E-state index contributed by atoms with van der Waals surface area (Å²) in [4.78, 5) is 14.0. The van der Waals surface area contributed by atoms with Gasteiger partial charge in [-0.05, 0) is 112 Å². The van der Waals surface area contributed by atoms with Crippen molar-refractivity contribution in [2.45, 2.75) is 125 Å². The molecule has 0 aromatic rings. The van der Waals surface area contributed by atoms with E-state index in [1.54, 1.807) is 0 Å². The topological polar surface area (TPSA) is 57.5 Å². The normalized spacial score (nSPS) is 48.3. The summed E-state index contributed by atoms with van der Waals surface area (Å²) in [5.74, 6) is 1.29. The minimum atomic E-state index is -0.800. The molecule has 4 rings (SSSR count). The lowest BCUT2D eigenvalue weighted by Crippen LogP contribution is -2.65. The Labute approximate surface area is 202 Å². The van der Waals surface area contributed by atoms with Crippen LogP contribution in [-0.4, -0.2) is 27.7 Å². The second-order valence-corrected chi connectivity index (χ2v) is 14.3. The van der Waals surface area contributed by atoms with E-state index in [4.69, 9.17) is 0 Å². The maximum Gasteiger partial charge on any atom is 0.137 e. The van der Waals surface area contributed by atoms with Gasteiger partial charge in [-0.2, -0.15) is 0 Å². The summed E-state index contributed by atoms with van der Waals surface area (Å²) >= 11 is 0. The number of ketones is 1. The summed E-state index contributed by atoms with van der Waals surface area (Å²) in [6.07, 6.45) is 10.4. The van der Waals surface area contributed by atoms with E-state index in [0.29, 0.717) is 24.0 Å². The number of Topliss-reactive ketones (excluding diaryl/α,β-unsaturated/α-hetero) is 1. The van der Waals surface area contributed by atoms with Crippen molar-refractivity contribution in [3.8, 4) is 0 Å². The molecular weight excluding hydrogens is 408 g/mol. The van der Waals surface area contributed by atoms with Gasteiger partial charge in [0.25, 0.3) is 0 Å². The van der Waals surface area contributed by atoms with E-state index in [1.165, 1.54) is 5.57 Å². The SMILES string of the molecule is CC(C)=CCC[C@](C)(O)[C@H]1CC[C@]2(C)[C@@H]1C(=O)C[C@@H]1[C@@]3(C)CC[C@H](O)C(C)(C)[C@@H]3CC[C@]12C. The van der Waals surface area contributed by atoms with Gasteiger partial charge in [0.2, 0.25) is 0 Å². The third-order valence-electron chi connectivity index (χ3n) is 12.1. The molecule has 0 spiro atoms. The number of allylic oxidation sites excluding steroid dienone is 2. The van der Waals surface area contributed by atoms with Crippen molar-refractivity contribution in [2.75, 3.05) is 0 Å². The zero-order valence-corrected chi connectivity index (χ0v) is 22.6. The Kier molecular flexibility index (Phi) is 6.10. The second kappa shape index (κ2) is 7.92. The maximum absolute atomic E-state index is 14.0. The van der Waals surface area contributed by atoms with Gasteiger partial charge in [0.05, 0.1) is 11.7 Å². The van der Waals surface area contributed by atoms with Crippen molar-refractivity contribution < 1.29 is 15.0 Å². The van der Waals surface area contributed by atoms with Gasteiger partial charge < -0.3 is 10.2 Å². The summed E-state index contributed by atoms with van der Waals surface area (Å²) in [5.41, 5.74) is 0.555. The number of rotatable bonds is 4. The monoisotopic (exact) mass is 458 g/mol. The van der Waals surface area contributed by atoms with Gasteiger partial charge in [-0.3, -0.25) is 4.79 Å². The Morgan fingerprint density at radius 2 is 1.64 bits per heavy atom. The largest absolute Gasteiger partial charge is 0.393 e. The first-order valence-electron chi connectivity index (χ1n) is 13.7. The fourth-order valence-corrected chi connectivity index (χ4v) is 9.96. The summed E-state index contributed by atoms with van der Waals surface area (Å²) in [6.45, 7) is 18.1. The molecule has 0 aromatic heterocycles. The van der Waals surface area contributed by atoms with Gasteiger partial charge in [0, 0.05) is 12.3 Å². The number of carbonyl (C=O) groups is 1. The molecule has 33 heavy (non-hydrogen) atoms. The lowest BCUT2D eigenvalue weighted by molar-refractivity contribution is -0.221. The quantitative estimate of drug-likeness (QED) is 0.460. The zero-order valence-electron chi connectivity index (χ0n) is 22.6. The van der Waals surface area contributed by atoms with Crippen molar-refractivity contribution in [3.05, 3.63) is 11.6 Å². The van der Waals surface area contributed by atoms with Crippen molar-refractivity contribution in [2.24, 2.45) is 45.3 Å². The molecule has 4 aliphatic carbocycles. The van der Waals surface area contributed by atoms with Crippen molar-refractivity contribution >= 4 is 5.78 Å². The molecule has 0 saturated heterocycles. The minimum Gasteiger partial charge on any atom is -0.393 e. The predicted octanol–water partition coefficient (Wildman–Crippen LogP) is 6.71. The summed E-state index contributed by atoms with van der Waals surface area (Å²) in [5, 5.41) is 22.4. The first kappa shape index (κ1) is 25.4. The highest BCUT2D eigenvalue weighted by atomic mass is 16.3.